The standard InChI is InChI=1S/C16H21ClN4O4/c1-8-13(22)14(23)16(25-8)21-7-20(6-11(21)18)12(15(19)24)9-2-4-10(17)5-3-9/h2-6,8,12-14,16,22-23H,7,18H2,1H3,(H2,19,24)/t8-,12?,13-,14-,16-/m1/s1. The maximum atomic E-state index is 12.0. The zero-order chi connectivity index (χ0) is 18.3. The third-order valence-electron chi connectivity index (χ3n) is 4.52. The molecule has 0 radical (unpaired) electrons. The zero-order valence-corrected chi connectivity index (χ0v) is 14.4. The van der Waals surface area contributed by atoms with Crippen LogP contribution in [0.2, 0.25) is 5.02 Å². The van der Waals surface area contributed by atoms with Gasteiger partial charge in [0, 0.05) is 11.2 Å². The summed E-state index contributed by atoms with van der Waals surface area (Å²) >= 11 is 5.89. The Labute approximate surface area is 150 Å². The lowest BCUT2D eigenvalue weighted by Gasteiger charge is -2.32. The van der Waals surface area contributed by atoms with Crippen molar-refractivity contribution in [1.82, 2.24) is 9.80 Å². The van der Waals surface area contributed by atoms with E-state index in [4.69, 9.17) is 27.8 Å². The molecule has 2 heterocycles. The molecule has 1 fully saturated rings. The average Bonchev–Trinajstić information content (AvgIpc) is 3.04. The summed E-state index contributed by atoms with van der Waals surface area (Å²) < 4.78 is 5.59. The number of rotatable bonds is 4. The Bertz CT molecular complexity index is 683. The molecule has 2 aliphatic heterocycles. The molecule has 8 nitrogen and oxygen atoms in total. The van der Waals surface area contributed by atoms with Crippen LogP contribution in [0.5, 0.6) is 0 Å². The molecule has 0 spiro atoms. The van der Waals surface area contributed by atoms with Gasteiger partial charge in [-0.2, -0.15) is 0 Å². The maximum Gasteiger partial charge on any atom is 0.244 e. The highest BCUT2D eigenvalue weighted by Crippen LogP contribution is 2.32. The van der Waals surface area contributed by atoms with Crippen LogP contribution >= 0.6 is 11.6 Å². The second-order valence-corrected chi connectivity index (χ2v) is 6.69. The Hall–Kier alpha value is -2.00. The summed E-state index contributed by atoms with van der Waals surface area (Å²) in [6, 6.07) is 6.04. The van der Waals surface area contributed by atoms with Gasteiger partial charge in [0.2, 0.25) is 5.91 Å². The van der Waals surface area contributed by atoms with E-state index in [1.165, 1.54) is 0 Å². The maximum absolute atomic E-state index is 12.0. The van der Waals surface area contributed by atoms with Crippen LogP contribution in [0.1, 0.15) is 18.5 Å². The number of amides is 1. The van der Waals surface area contributed by atoms with Crippen molar-refractivity contribution in [2.24, 2.45) is 11.5 Å². The third kappa shape index (κ3) is 3.25. The number of nitrogens with two attached hydrogens (primary N) is 2. The first-order valence-corrected chi connectivity index (χ1v) is 8.23. The Morgan fingerprint density at radius 3 is 2.48 bits per heavy atom. The molecule has 0 aliphatic carbocycles. The van der Waals surface area contributed by atoms with Gasteiger partial charge in [0.25, 0.3) is 0 Å². The number of benzene rings is 1. The van der Waals surface area contributed by atoms with E-state index in [0.717, 1.165) is 0 Å². The predicted octanol–water partition coefficient (Wildman–Crippen LogP) is -0.334. The van der Waals surface area contributed by atoms with Crippen molar-refractivity contribution in [2.75, 3.05) is 6.67 Å². The molecule has 136 valence electrons. The number of primary amides is 1. The molecule has 25 heavy (non-hydrogen) atoms. The number of ether oxygens (including phenoxy) is 1. The lowest BCUT2D eigenvalue weighted by atomic mass is 10.1. The number of hydrogen-bond donors (Lipinski definition) is 4. The van der Waals surface area contributed by atoms with E-state index in [-0.39, 0.29) is 6.67 Å². The lowest BCUT2D eigenvalue weighted by Crippen LogP contribution is -2.46. The van der Waals surface area contributed by atoms with Crippen LogP contribution in [0.15, 0.2) is 36.3 Å². The summed E-state index contributed by atoms with van der Waals surface area (Å²) in [5.41, 5.74) is 12.3. The second kappa shape index (κ2) is 6.72. The highest BCUT2D eigenvalue weighted by atomic mass is 35.5. The van der Waals surface area contributed by atoms with Crippen LogP contribution < -0.4 is 11.5 Å². The summed E-state index contributed by atoms with van der Waals surface area (Å²) in [4.78, 5) is 15.3. The average molecular weight is 369 g/mol. The van der Waals surface area contributed by atoms with Crippen LogP contribution in [-0.2, 0) is 9.53 Å². The van der Waals surface area contributed by atoms with E-state index >= 15 is 0 Å². The van der Waals surface area contributed by atoms with Crippen molar-refractivity contribution in [1.29, 1.82) is 0 Å². The van der Waals surface area contributed by atoms with Crippen LogP contribution in [-0.4, -0.2) is 57.1 Å². The Kier molecular flexibility index (Phi) is 4.79. The second-order valence-electron chi connectivity index (χ2n) is 6.25. The van der Waals surface area contributed by atoms with E-state index in [2.05, 4.69) is 0 Å². The molecule has 9 heteroatoms. The molecule has 6 N–H and O–H groups in total. The number of aliphatic hydroxyl groups is 2. The highest BCUT2D eigenvalue weighted by Gasteiger charge is 2.46. The van der Waals surface area contributed by atoms with Gasteiger partial charge in [-0.15, -0.1) is 0 Å². The molecule has 5 atom stereocenters. The largest absolute Gasteiger partial charge is 0.388 e. The van der Waals surface area contributed by atoms with E-state index in [1.54, 1.807) is 47.2 Å². The van der Waals surface area contributed by atoms with Crippen molar-refractivity contribution in [2.45, 2.75) is 37.5 Å². The smallest absolute Gasteiger partial charge is 0.244 e. The Balaban J connectivity index is 1.82. The minimum atomic E-state index is -1.11. The number of hydrogen-bond acceptors (Lipinski definition) is 7. The van der Waals surface area contributed by atoms with E-state index in [9.17, 15) is 15.0 Å². The van der Waals surface area contributed by atoms with Crippen LogP contribution in [0.25, 0.3) is 0 Å². The molecule has 1 aromatic rings. The zero-order valence-electron chi connectivity index (χ0n) is 13.6. The fourth-order valence-corrected chi connectivity index (χ4v) is 3.30. The molecular formula is C16H21ClN4O4. The molecule has 1 amide bonds. The molecule has 0 bridgehead atoms. The number of carbonyl (C=O) groups is 1. The van der Waals surface area contributed by atoms with Gasteiger partial charge < -0.3 is 36.2 Å². The van der Waals surface area contributed by atoms with Gasteiger partial charge in [-0.3, -0.25) is 4.79 Å². The monoisotopic (exact) mass is 368 g/mol. The predicted molar refractivity (Wildman–Crippen MR) is 90.6 cm³/mol. The van der Waals surface area contributed by atoms with Gasteiger partial charge in [0.15, 0.2) is 6.23 Å². The van der Waals surface area contributed by atoms with Gasteiger partial charge in [-0.05, 0) is 24.6 Å². The summed E-state index contributed by atoms with van der Waals surface area (Å²) in [7, 11) is 0. The molecule has 1 saturated heterocycles. The summed E-state index contributed by atoms with van der Waals surface area (Å²) in [6.07, 6.45) is -1.86. The first-order valence-electron chi connectivity index (χ1n) is 7.85. The number of aliphatic hydroxyl groups excluding tert-OH is 2. The Morgan fingerprint density at radius 2 is 1.96 bits per heavy atom. The number of halogens is 1. The summed E-state index contributed by atoms with van der Waals surface area (Å²) in [5.74, 6) is -0.236. The van der Waals surface area contributed by atoms with Crippen molar-refractivity contribution >= 4 is 17.5 Å². The molecule has 1 unspecified atom stereocenters. The van der Waals surface area contributed by atoms with Gasteiger partial charge in [-0.1, -0.05) is 23.7 Å². The van der Waals surface area contributed by atoms with E-state index in [1.807, 2.05) is 0 Å². The SMILES string of the molecule is C[C@H]1O[C@@H](N2CN(C(C(N)=O)c3ccc(Cl)cc3)C=C2N)[C@H](O)[C@@H]1O. The minimum absolute atomic E-state index is 0.184. The molecular weight excluding hydrogens is 348 g/mol. The molecule has 0 saturated carbocycles. The van der Waals surface area contributed by atoms with Crippen molar-refractivity contribution in [3.05, 3.63) is 46.9 Å². The fraction of sp³-hybridized carbons (Fsp3) is 0.438. The first-order chi connectivity index (χ1) is 11.8. The van der Waals surface area contributed by atoms with Gasteiger partial charge >= 0.3 is 0 Å². The summed E-state index contributed by atoms with van der Waals surface area (Å²) in [5, 5.41) is 20.6. The van der Waals surface area contributed by atoms with Gasteiger partial charge in [-0.25, -0.2) is 0 Å². The quantitative estimate of drug-likeness (QED) is 0.573. The van der Waals surface area contributed by atoms with Crippen LogP contribution in [0.3, 0.4) is 0 Å². The topological polar surface area (TPSA) is 125 Å². The third-order valence-corrected chi connectivity index (χ3v) is 4.77. The fourth-order valence-electron chi connectivity index (χ4n) is 3.18. The molecule has 2 aliphatic rings. The lowest BCUT2D eigenvalue weighted by molar-refractivity contribution is -0.124. The van der Waals surface area contributed by atoms with Gasteiger partial charge in [0.1, 0.15) is 24.1 Å². The minimum Gasteiger partial charge on any atom is -0.388 e. The Morgan fingerprint density at radius 1 is 1.32 bits per heavy atom. The first kappa shape index (κ1) is 17.8. The molecule has 1 aromatic carbocycles. The van der Waals surface area contributed by atoms with E-state index < -0.39 is 36.5 Å². The molecule has 0 aromatic heterocycles. The normalized spacial score (nSPS) is 30.5. The number of nitrogens with zero attached hydrogens (tertiary/aromatic N) is 2. The van der Waals surface area contributed by atoms with E-state index in [0.29, 0.717) is 16.4 Å². The van der Waals surface area contributed by atoms with Gasteiger partial charge in [0.05, 0.1) is 12.8 Å². The molecule has 3 rings (SSSR count). The van der Waals surface area contributed by atoms with Crippen LogP contribution in [0.4, 0.5) is 0 Å². The van der Waals surface area contributed by atoms with Crippen molar-refractivity contribution in [3.8, 4) is 0 Å². The highest BCUT2D eigenvalue weighted by molar-refractivity contribution is 6.30. The van der Waals surface area contributed by atoms with Crippen molar-refractivity contribution < 1.29 is 19.7 Å². The van der Waals surface area contributed by atoms with Crippen LogP contribution in [0, 0.1) is 0 Å². The van der Waals surface area contributed by atoms with Crippen molar-refractivity contribution in [3.63, 3.8) is 0 Å². The number of carbonyl (C=O) groups excluding carboxylic acids is 1. The summed E-state index contributed by atoms with van der Waals surface area (Å²) in [6.45, 7) is 1.85.